The molecule has 1 aromatic rings. The molecule has 0 bridgehead atoms. The van der Waals surface area contributed by atoms with Crippen LogP contribution in [-0.4, -0.2) is 30.5 Å². The molecule has 0 spiro atoms. The fourth-order valence-corrected chi connectivity index (χ4v) is 1.34. The normalized spacial score (nSPS) is 11.7. The van der Waals surface area contributed by atoms with Crippen LogP contribution in [0.4, 0.5) is 5.69 Å². The molecule has 1 aromatic carbocycles. The van der Waals surface area contributed by atoms with Crippen LogP contribution in [0.1, 0.15) is 17.3 Å². The summed E-state index contributed by atoms with van der Waals surface area (Å²) in [5, 5.41) is 13.4. The second-order valence-electron chi connectivity index (χ2n) is 3.75. The summed E-state index contributed by atoms with van der Waals surface area (Å²) in [6.07, 6.45) is 0. The minimum absolute atomic E-state index is 0.0420. The van der Waals surface area contributed by atoms with Crippen LogP contribution in [0.15, 0.2) is 18.2 Å². The van der Waals surface area contributed by atoms with Gasteiger partial charge in [-0.25, -0.2) is 0 Å². The number of hydrogen-bond donors (Lipinski definition) is 2. The average molecular weight is 253 g/mol. The van der Waals surface area contributed by atoms with E-state index in [1.807, 2.05) is 0 Å². The third-order valence-corrected chi connectivity index (χ3v) is 2.38. The minimum Gasteiger partial charge on any atom is -0.497 e. The van der Waals surface area contributed by atoms with Crippen molar-refractivity contribution in [2.45, 2.75) is 13.0 Å². The lowest BCUT2D eigenvalue weighted by Crippen LogP contribution is -2.38. The van der Waals surface area contributed by atoms with Crippen molar-refractivity contribution in [2.24, 2.45) is 5.73 Å². The van der Waals surface area contributed by atoms with Gasteiger partial charge in [-0.1, -0.05) is 0 Å². The third-order valence-electron chi connectivity index (χ3n) is 2.38. The fraction of sp³-hybridized carbons (Fsp3) is 0.364. The van der Waals surface area contributed by atoms with Gasteiger partial charge in [0.05, 0.1) is 12.0 Å². The molecule has 0 heterocycles. The zero-order valence-electron chi connectivity index (χ0n) is 10.2. The molecule has 0 radical (unpaired) electrons. The number of benzene rings is 1. The van der Waals surface area contributed by atoms with Crippen LogP contribution in [0.5, 0.6) is 5.75 Å². The SMILES string of the molecule is COc1ccc([N+](=O)[O-])c(C(=O)N[C@@H](C)CN)c1. The Morgan fingerprint density at radius 1 is 1.61 bits per heavy atom. The molecule has 7 heteroatoms. The summed E-state index contributed by atoms with van der Waals surface area (Å²) in [5.41, 5.74) is 5.07. The van der Waals surface area contributed by atoms with E-state index in [2.05, 4.69) is 5.32 Å². The standard InChI is InChI=1S/C11H15N3O4/c1-7(6-12)13-11(15)9-5-8(18-2)3-4-10(9)14(16)17/h3-5,7H,6,12H2,1-2H3,(H,13,15)/t7-/m0/s1. The number of nitrogens with two attached hydrogens (primary N) is 1. The van der Waals surface area contributed by atoms with Crippen molar-refractivity contribution in [3.05, 3.63) is 33.9 Å². The number of carbonyl (C=O) groups is 1. The second-order valence-corrected chi connectivity index (χ2v) is 3.75. The van der Waals surface area contributed by atoms with Crippen LogP contribution >= 0.6 is 0 Å². The van der Waals surface area contributed by atoms with Gasteiger partial charge in [0.15, 0.2) is 0 Å². The van der Waals surface area contributed by atoms with Crippen LogP contribution in [0.2, 0.25) is 0 Å². The van der Waals surface area contributed by atoms with E-state index in [-0.39, 0.29) is 23.8 Å². The summed E-state index contributed by atoms with van der Waals surface area (Å²) < 4.78 is 4.94. The van der Waals surface area contributed by atoms with Crippen LogP contribution in [-0.2, 0) is 0 Å². The highest BCUT2D eigenvalue weighted by Gasteiger charge is 2.21. The molecule has 0 aliphatic carbocycles. The Hall–Kier alpha value is -2.15. The smallest absolute Gasteiger partial charge is 0.282 e. The molecule has 7 nitrogen and oxygen atoms in total. The molecule has 0 fully saturated rings. The fourth-order valence-electron chi connectivity index (χ4n) is 1.34. The van der Waals surface area contributed by atoms with Gasteiger partial charge >= 0.3 is 0 Å². The Morgan fingerprint density at radius 3 is 2.78 bits per heavy atom. The molecule has 0 saturated heterocycles. The van der Waals surface area contributed by atoms with Crippen molar-refractivity contribution >= 4 is 11.6 Å². The number of amides is 1. The van der Waals surface area contributed by atoms with Gasteiger partial charge in [0.2, 0.25) is 0 Å². The number of hydrogen-bond acceptors (Lipinski definition) is 5. The van der Waals surface area contributed by atoms with Crippen LogP contribution < -0.4 is 15.8 Å². The van der Waals surface area contributed by atoms with Gasteiger partial charge in [0, 0.05) is 18.7 Å². The van der Waals surface area contributed by atoms with Crippen molar-refractivity contribution in [3.8, 4) is 5.75 Å². The summed E-state index contributed by atoms with van der Waals surface area (Å²) in [4.78, 5) is 22.1. The molecule has 0 saturated carbocycles. The summed E-state index contributed by atoms with van der Waals surface area (Å²) in [6.45, 7) is 1.97. The number of carbonyl (C=O) groups excluding carboxylic acids is 1. The molecule has 0 aliphatic rings. The van der Waals surface area contributed by atoms with Crippen molar-refractivity contribution in [1.29, 1.82) is 0 Å². The van der Waals surface area contributed by atoms with E-state index in [1.165, 1.54) is 25.3 Å². The molecule has 1 rings (SSSR count). The first-order chi connectivity index (χ1) is 8.49. The molecule has 18 heavy (non-hydrogen) atoms. The summed E-state index contributed by atoms with van der Waals surface area (Å²) >= 11 is 0. The first-order valence-corrected chi connectivity index (χ1v) is 5.33. The number of nitro benzene ring substituents is 1. The highest BCUT2D eigenvalue weighted by molar-refractivity contribution is 5.98. The monoisotopic (exact) mass is 253 g/mol. The van der Waals surface area contributed by atoms with Gasteiger partial charge in [0.25, 0.3) is 11.6 Å². The lowest BCUT2D eigenvalue weighted by Gasteiger charge is -2.11. The molecular formula is C11H15N3O4. The summed E-state index contributed by atoms with van der Waals surface area (Å²) in [7, 11) is 1.42. The predicted octanol–water partition coefficient (Wildman–Crippen LogP) is 0.680. The molecule has 0 aliphatic heterocycles. The predicted molar refractivity (Wildman–Crippen MR) is 65.6 cm³/mol. The number of nitro groups is 1. The Kier molecular flexibility index (Phi) is 4.61. The largest absolute Gasteiger partial charge is 0.497 e. The Labute approximate surface area is 104 Å². The molecular weight excluding hydrogens is 238 g/mol. The van der Waals surface area contributed by atoms with Gasteiger partial charge in [-0.15, -0.1) is 0 Å². The zero-order chi connectivity index (χ0) is 13.7. The van der Waals surface area contributed by atoms with E-state index < -0.39 is 10.8 Å². The van der Waals surface area contributed by atoms with Gasteiger partial charge in [0.1, 0.15) is 11.3 Å². The lowest BCUT2D eigenvalue weighted by molar-refractivity contribution is -0.385. The topological polar surface area (TPSA) is 107 Å². The Bertz CT molecular complexity index is 462. The van der Waals surface area contributed by atoms with Gasteiger partial charge in [-0.3, -0.25) is 14.9 Å². The number of rotatable bonds is 5. The maximum atomic E-state index is 11.9. The van der Waals surface area contributed by atoms with E-state index in [0.29, 0.717) is 5.75 Å². The van der Waals surface area contributed by atoms with Gasteiger partial charge < -0.3 is 15.8 Å². The first kappa shape index (κ1) is 13.9. The van der Waals surface area contributed by atoms with Gasteiger partial charge in [-0.2, -0.15) is 0 Å². The third kappa shape index (κ3) is 3.17. The highest BCUT2D eigenvalue weighted by Crippen LogP contribution is 2.23. The molecule has 98 valence electrons. The van der Waals surface area contributed by atoms with Crippen molar-refractivity contribution in [1.82, 2.24) is 5.32 Å². The Morgan fingerprint density at radius 2 is 2.28 bits per heavy atom. The number of nitrogens with one attached hydrogen (secondary N) is 1. The number of nitrogens with zero attached hydrogens (tertiary/aromatic N) is 1. The van der Waals surface area contributed by atoms with E-state index in [9.17, 15) is 14.9 Å². The molecule has 0 aromatic heterocycles. The summed E-state index contributed by atoms with van der Waals surface area (Å²) in [5.74, 6) is -0.162. The quantitative estimate of drug-likeness (QED) is 0.592. The second kappa shape index (κ2) is 5.97. The van der Waals surface area contributed by atoms with Crippen LogP contribution in [0.3, 0.4) is 0 Å². The van der Waals surface area contributed by atoms with Gasteiger partial charge in [-0.05, 0) is 19.1 Å². The summed E-state index contributed by atoms with van der Waals surface area (Å²) in [6, 6.07) is 3.74. The lowest BCUT2D eigenvalue weighted by atomic mass is 10.1. The van der Waals surface area contributed by atoms with Crippen molar-refractivity contribution in [3.63, 3.8) is 0 Å². The van der Waals surface area contributed by atoms with Crippen LogP contribution in [0, 0.1) is 10.1 Å². The maximum Gasteiger partial charge on any atom is 0.282 e. The minimum atomic E-state index is -0.610. The van der Waals surface area contributed by atoms with E-state index in [4.69, 9.17) is 10.5 Å². The molecule has 1 amide bonds. The zero-order valence-corrected chi connectivity index (χ0v) is 10.2. The van der Waals surface area contributed by atoms with E-state index in [0.717, 1.165) is 0 Å². The van der Waals surface area contributed by atoms with Crippen LogP contribution in [0.25, 0.3) is 0 Å². The molecule has 1 atom stereocenters. The molecule has 3 N–H and O–H groups in total. The van der Waals surface area contributed by atoms with Crippen molar-refractivity contribution < 1.29 is 14.5 Å². The van der Waals surface area contributed by atoms with E-state index >= 15 is 0 Å². The highest BCUT2D eigenvalue weighted by atomic mass is 16.6. The Balaban J connectivity index is 3.10. The average Bonchev–Trinajstić information content (AvgIpc) is 2.37. The first-order valence-electron chi connectivity index (χ1n) is 5.33. The number of methoxy groups -OCH3 is 1. The molecule has 0 unspecified atom stereocenters. The number of ether oxygens (including phenoxy) is 1. The maximum absolute atomic E-state index is 11.9. The van der Waals surface area contributed by atoms with Crippen molar-refractivity contribution in [2.75, 3.05) is 13.7 Å². The van der Waals surface area contributed by atoms with E-state index in [1.54, 1.807) is 6.92 Å².